The summed E-state index contributed by atoms with van der Waals surface area (Å²) >= 11 is 0. The van der Waals surface area contributed by atoms with E-state index in [9.17, 15) is 18.9 Å². The molecular weight excluding hydrogens is 220 g/mol. The highest BCUT2D eigenvalue weighted by molar-refractivity contribution is 5.62. The molecule has 0 aromatic heterocycles. The lowest BCUT2D eigenvalue weighted by Gasteiger charge is -2.08. The third-order valence-electron chi connectivity index (χ3n) is 1.95. The van der Waals surface area contributed by atoms with Gasteiger partial charge in [0.1, 0.15) is 0 Å². The molecule has 2 N–H and O–H groups in total. The van der Waals surface area contributed by atoms with Crippen LogP contribution in [0.15, 0.2) is 12.1 Å². The molecule has 0 fully saturated rings. The first kappa shape index (κ1) is 12.3. The molecule has 0 unspecified atom stereocenters. The highest BCUT2D eigenvalue weighted by atomic mass is 19.2. The van der Waals surface area contributed by atoms with Crippen molar-refractivity contribution >= 4 is 11.4 Å². The molecule has 1 rings (SSSR count). The van der Waals surface area contributed by atoms with Gasteiger partial charge in [-0.25, -0.2) is 8.78 Å². The number of likely N-dealkylation sites (N-methyl/N-ethyl adjacent to an activating group) is 1. The SMILES string of the molecule is CNCCNc1c([N+](=O)[O-])ccc(F)c1F. The van der Waals surface area contributed by atoms with Gasteiger partial charge in [-0.1, -0.05) is 0 Å². The van der Waals surface area contributed by atoms with Crippen molar-refractivity contribution in [1.29, 1.82) is 0 Å². The Bertz CT molecular complexity index is 399. The normalized spacial score (nSPS) is 10.2. The van der Waals surface area contributed by atoms with Gasteiger partial charge < -0.3 is 10.6 Å². The van der Waals surface area contributed by atoms with Gasteiger partial charge in [0, 0.05) is 19.2 Å². The van der Waals surface area contributed by atoms with Crippen LogP contribution in [0.1, 0.15) is 0 Å². The fraction of sp³-hybridized carbons (Fsp3) is 0.333. The van der Waals surface area contributed by atoms with E-state index in [-0.39, 0.29) is 6.54 Å². The second kappa shape index (κ2) is 5.36. The standard InChI is InChI=1S/C9H11F2N3O2/c1-12-4-5-13-9-7(14(15)16)3-2-6(10)8(9)11/h2-3,12-13H,4-5H2,1H3. The molecule has 0 spiro atoms. The summed E-state index contributed by atoms with van der Waals surface area (Å²) in [4.78, 5) is 9.82. The van der Waals surface area contributed by atoms with Crippen LogP contribution in [0.5, 0.6) is 0 Å². The number of anilines is 1. The molecule has 0 saturated heterocycles. The Hall–Kier alpha value is -1.76. The van der Waals surface area contributed by atoms with Gasteiger partial charge >= 0.3 is 0 Å². The fourth-order valence-electron chi connectivity index (χ4n) is 1.17. The Labute approximate surface area is 90.6 Å². The van der Waals surface area contributed by atoms with E-state index in [2.05, 4.69) is 10.6 Å². The zero-order valence-corrected chi connectivity index (χ0v) is 8.59. The fourth-order valence-corrected chi connectivity index (χ4v) is 1.17. The number of nitro groups is 1. The van der Waals surface area contributed by atoms with Crippen LogP contribution in [0.3, 0.4) is 0 Å². The van der Waals surface area contributed by atoms with Crippen molar-refractivity contribution in [2.24, 2.45) is 0 Å². The molecule has 0 aliphatic rings. The van der Waals surface area contributed by atoms with Crippen LogP contribution < -0.4 is 10.6 Å². The number of halogens is 2. The summed E-state index contributed by atoms with van der Waals surface area (Å²) in [6.07, 6.45) is 0. The Morgan fingerprint density at radius 3 is 2.62 bits per heavy atom. The third-order valence-corrected chi connectivity index (χ3v) is 1.95. The van der Waals surface area contributed by atoms with Gasteiger partial charge in [0.15, 0.2) is 17.3 Å². The molecule has 0 radical (unpaired) electrons. The average molecular weight is 231 g/mol. The maximum Gasteiger partial charge on any atom is 0.295 e. The molecule has 5 nitrogen and oxygen atoms in total. The first-order chi connectivity index (χ1) is 7.57. The first-order valence-corrected chi connectivity index (χ1v) is 4.58. The molecule has 0 bridgehead atoms. The largest absolute Gasteiger partial charge is 0.376 e. The molecule has 0 aliphatic carbocycles. The topological polar surface area (TPSA) is 67.2 Å². The minimum absolute atomic E-state index is 0.262. The third kappa shape index (κ3) is 2.63. The van der Waals surface area contributed by atoms with E-state index in [1.165, 1.54) is 0 Å². The van der Waals surface area contributed by atoms with Crippen molar-refractivity contribution in [1.82, 2.24) is 5.32 Å². The highest BCUT2D eigenvalue weighted by Gasteiger charge is 2.20. The van der Waals surface area contributed by atoms with Gasteiger partial charge in [0.25, 0.3) is 5.69 Å². The molecular formula is C9H11F2N3O2. The highest BCUT2D eigenvalue weighted by Crippen LogP contribution is 2.28. The number of hydrogen-bond donors (Lipinski definition) is 2. The summed E-state index contributed by atoms with van der Waals surface area (Å²) in [7, 11) is 1.68. The number of nitrogens with zero attached hydrogens (tertiary/aromatic N) is 1. The van der Waals surface area contributed by atoms with Gasteiger partial charge in [-0.2, -0.15) is 0 Å². The summed E-state index contributed by atoms with van der Waals surface area (Å²) in [5.41, 5.74) is -0.893. The summed E-state index contributed by atoms with van der Waals surface area (Å²) in [5.74, 6) is -2.34. The predicted octanol–water partition coefficient (Wildman–Crippen LogP) is 1.50. The number of nitro benzene ring substituents is 1. The van der Waals surface area contributed by atoms with Crippen LogP contribution in [-0.2, 0) is 0 Å². The lowest BCUT2D eigenvalue weighted by Crippen LogP contribution is -2.19. The Morgan fingerprint density at radius 2 is 2.06 bits per heavy atom. The van der Waals surface area contributed by atoms with Crippen LogP contribution in [-0.4, -0.2) is 25.1 Å². The van der Waals surface area contributed by atoms with Crippen LogP contribution in [0.2, 0.25) is 0 Å². The van der Waals surface area contributed by atoms with Crippen molar-refractivity contribution in [3.8, 4) is 0 Å². The minimum Gasteiger partial charge on any atom is -0.376 e. The zero-order valence-electron chi connectivity index (χ0n) is 8.59. The van der Waals surface area contributed by atoms with Crippen molar-refractivity contribution in [3.63, 3.8) is 0 Å². The molecule has 7 heteroatoms. The van der Waals surface area contributed by atoms with Crippen LogP contribution in [0.4, 0.5) is 20.2 Å². The van der Waals surface area contributed by atoms with Crippen LogP contribution in [0, 0.1) is 21.7 Å². The van der Waals surface area contributed by atoms with E-state index in [1.54, 1.807) is 7.05 Å². The average Bonchev–Trinajstić information content (AvgIpc) is 2.24. The summed E-state index contributed by atoms with van der Waals surface area (Å²) in [6.45, 7) is 0.741. The van der Waals surface area contributed by atoms with Crippen molar-refractivity contribution in [2.75, 3.05) is 25.5 Å². The van der Waals surface area contributed by atoms with Gasteiger partial charge in [0.2, 0.25) is 0 Å². The Balaban J connectivity index is 3.01. The smallest absolute Gasteiger partial charge is 0.295 e. The summed E-state index contributed by atoms with van der Waals surface area (Å²) in [5, 5.41) is 15.8. The van der Waals surface area contributed by atoms with E-state index in [4.69, 9.17) is 0 Å². The molecule has 0 saturated carbocycles. The molecule has 0 aliphatic heterocycles. The molecule has 0 atom stereocenters. The predicted molar refractivity (Wildman–Crippen MR) is 55.4 cm³/mol. The van der Waals surface area contributed by atoms with E-state index >= 15 is 0 Å². The first-order valence-electron chi connectivity index (χ1n) is 4.58. The lowest BCUT2D eigenvalue weighted by atomic mass is 10.2. The molecule has 16 heavy (non-hydrogen) atoms. The van der Waals surface area contributed by atoms with Gasteiger partial charge in [-0.05, 0) is 13.1 Å². The number of benzene rings is 1. The number of hydrogen-bond acceptors (Lipinski definition) is 4. The Morgan fingerprint density at radius 1 is 1.38 bits per heavy atom. The summed E-state index contributed by atoms with van der Waals surface area (Å²) < 4.78 is 26.2. The zero-order chi connectivity index (χ0) is 12.1. The van der Waals surface area contributed by atoms with Gasteiger partial charge in [-0.15, -0.1) is 0 Å². The van der Waals surface area contributed by atoms with E-state index in [0.717, 1.165) is 12.1 Å². The molecule has 1 aromatic rings. The molecule has 1 aromatic carbocycles. The van der Waals surface area contributed by atoms with Crippen molar-refractivity contribution in [2.45, 2.75) is 0 Å². The molecule has 88 valence electrons. The van der Waals surface area contributed by atoms with E-state index in [1.807, 2.05) is 0 Å². The maximum atomic E-state index is 13.3. The van der Waals surface area contributed by atoms with Crippen LogP contribution >= 0.6 is 0 Å². The van der Waals surface area contributed by atoms with Crippen LogP contribution in [0.25, 0.3) is 0 Å². The maximum absolute atomic E-state index is 13.3. The lowest BCUT2D eigenvalue weighted by molar-refractivity contribution is -0.384. The van der Waals surface area contributed by atoms with Crippen molar-refractivity contribution in [3.05, 3.63) is 33.9 Å². The minimum atomic E-state index is -1.23. The monoisotopic (exact) mass is 231 g/mol. The van der Waals surface area contributed by atoms with Gasteiger partial charge in [0.05, 0.1) is 4.92 Å². The second-order valence-corrected chi connectivity index (χ2v) is 3.04. The molecule has 0 amide bonds. The molecule has 0 heterocycles. The van der Waals surface area contributed by atoms with Crippen molar-refractivity contribution < 1.29 is 13.7 Å². The number of rotatable bonds is 5. The quantitative estimate of drug-likeness (QED) is 0.458. The van der Waals surface area contributed by atoms with Gasteiger partial charge in [-0.3, -0.25) is 10.1 Å². The number of nitrogens with one attached hydrogen (secondary N) is 2. The second-order valence-electron chi connectivity index (χ2n) is 3.04. The van der Waals surface area contributed by atoms with E-state index in [0.29, 0.717) is 6.54 Å². The summed E-state index contributed by atoms with van der Waals surface area (Å²) in [6, 6.07) is 1.66. The Kier molecular flexibility index (Phi) is 4.12. The van der Waals surface area contributed by atoms with E-state index < -0.39 is 27.9 Å².